The summed E-state index contributed by atoms with van der Waals surface area (Å²) < 4.78 is 1.23. The molecular formula is C12H18BrNS. The summed E-state index contributed by atoms with van der Waals surface area (Å²) >= 11 is 5.32. The molecule has 1 saturated carbocycles. The van der Waals surface area contributed by atoms with Gasteiger partial charge >= 0.3 is 0 Å². The van der Waals surface area contributed by atoms with Crippen molar-refractivity contribution in [3.05, 3.63) is 20.8 Å². The van der Waals surface area contributed by atoms with Crippen molar-refractivity contribution in [3.63, 3.8) is 0 Å². The standard InChI is InChI=1S/C12H18BrNS/c1-9-3-2-4-10(9)7-14-8-11-5-6-12(13)15-11/h5-6,9-10,14H,2-4,7-8H2,1H3. The van der Waals surface area contributed by atoms with Gasteiger partial charge in [-0.3, -0.25) is 0 Å². The van der Waals surface area contributed by atoms with E-state index < -0.39 is 0 Å². The van der Waals surface area contributed by atoms with Crippen LogP contribution in [0.15, 0.2) is 15.9 Å². The highest BCUT2D eigenvalue weighted by Gasteiger charge is 2.22. The van der Waals surface area contributed by atoms with Crippen LogP contribution in [0.2, 0.25) is 0 Å². The zero-order valence-corrected chi connectivity index (χ0v) is 11.5. The molecule has 1 nitrogen and oxygen atoms in total. The number of nitrogens with one attached hydrogen (secondary N) is 1. The van der Waals surface area contributed by atoms with Crippen molar-refractivity contribution in [3.8, 4) is 0 Å². The maximum Gasteiger partial charge on any atom is 0.0701 e. The van der Waals surface area contributed by atoms with Gasteiger partial charge < -0.3 is 5.32 Å². The van der Waals surface area contributed by atoms with Crippen LogP contribution in [0.3, 0.4) is 0 Å². The van der Waals surface area contributed by atoms with Crippen LogP contribution < -0.4 is 5.32 Å². The molecule has 1 aromatic heterocycles. The first-order valence-corrected chi connectivity index (χ1v) is 7.31. The summed E-state index contributed by atoms with van der Waals surface area (Å²) in [5.74, 6) is 1.83. The third-order valence-corrected chi connectivity index (χ3v) is 5.00. The van der Waals surface area contributed by atoms with Crippen LogP contribution in [-0.2, 0) is 6.54 Å². The molecule has 0 aliphatic heterocycles. The molecule has 2 atom stereocenters. The fourth-order valence-electron chi connectivity index (χ4n) is 2.35. The van der Waals surface area contributed by atoms with E-state index in [-0.39, 0.29) is 0 Å². The molecule has 0 aromatic carbocycles. The lowest BCUT2D eigenvalue weighted by molar-refractivity contribution is 0.392. The van der Waals surface area contributed by atoms with E-state index >= 15 is 0 Å². The van der Waals surface area contributed by atoms with Gasteiger partial charge in [0.25, 0.3) is 0 Å². The monoisotopic (exact) mass is 287 g/mol. The van der Waals surface area contributed by atoms with Gasteiger partial charge in [0.2, 0.25) is 0 Å². The summed E-state index contributed by atoms with van der Waals surface area (Å²) in [5, 5.41) is 3.58. The van der Waals surface area contributed by atoms with Gasteiger partial charge in [0, 0.05) is 11.4 Å². The minimum atomic E-state index is 0.911. The summed E-state index contributed by atoms with van der Waals surface area (Å²) in [7, 11) is 0. The van der Waals surface area contributed by atoms with Crippen LogP contribution in [0.25, 0.3) is 0 Å². The van der Waals surface area contributed by atoms with Crippen molar-refractivity contribution >= 4 is 27.3 Å². The average molecular weight is 288 g/mol. The highest BCUT2D eigenvalue weighted by Crippen LogP contribution is 2.30. The Morgan fingerprint density at radius 2 is 2.33 bits per heavy atom. The van der Waals surface area contributed by atoms with E-state index in [1.807, 2.05) is 11.3 Å². The largest absolute Gasteiger partial charge is 0.312 e. The second-order valence-electron chi connectivity index (χ2n) is 4.50. The van der Waals surface area contributed by atoms with Crippen LogP contribution in [0.5, 0.6) is 0 Å². The van der Waals surface area contributed by atoms with Gasteiger partial charge in [-0.15, -0.1) is 11.3 Å². The average Bonchev–Trinajstić information content (AvgIpc) is 2.77. The zero-order valence-electron chi connectivity index (χ0n) is 9.13. The number of hydrogen-bond acceptors (Lipinski definition) is 2. The van der Waals surface area contributed by atoms with Crippen molar-refractivity contribution in [2.75, 3.05) is 6.54 Å². The predicted octanol–water partition coefficient (Wildman–Crippen LogP) is 4.04. The summed E-state index contributed by atoms with van der Waals surface area (Å²) in [5.41, 5.74) is 0. The summed E-state index contributed by atoms with van der Waals surface area (Å²) in [6, 6.07) is 4.32. The Morgan fingerprint density at radius 1 is 1.47 bits per heavy atom. The smallest absolute Gasteiger partial charge is 0.0701 e. The van der Waals surface area contributed by atoms with Crippen molar-refractivity contribution in [2.45, 2.75) is 32.7 Å². The maximum absolute atomic E-state index is 3.58. The summed E-state index contributed by atoms with van der Waals surface area (Å²) in [6.07, 6.45) is 4.28. The van der Waals surface area contributed by atoms with Gasteiger partial charge in [-0.05, 0) is 52.9 Å². The second kappa shape index (κ2) is 5.46. The molecule has 1 aliphatic rings. The molecule has 0 saturated heterocycles. The molecule has 15 heavy (non-hydrogen) atoms. The first-order chi connectivity index (χ1) is 7.25. The Balaban J connectivity index is 1.70. The van der Waals surface area contributed by atoms with Crippen molar-refractivity contribution < 1.29 is 0 Å². The Bertz CT molecular complexity index is 310. The van der Waals surface area contributed by atoms with Crippen molar-refractivity contribution in [1.82, 2.24) is 5.32 Å². The van der Waals surface area contributed by atoms with Gasteiger partial charge in [0.1, 0.15) is 0 Å². The molecule has 1 aliphatic carbocycles. The van der Waals surface area contributed by atoms with E-state index in [4.69, 9.17) is 0 Å². The lowest BCUT2D eigenvalue weighted by Gasteiger charge is -2.15. The van der Waals surface area contributed by atoms with Gasteiger partial charge in [-0.2, -0.15) is 0 Å². The molecule has 0 amide bonds. The number of hydrogen-bond donors (Lipinski definition) is 1. The molecular weight excluding hydrogens is 270 g/mol. The molecule has 2 rings (SSSR count). The van der Waals surface area contributed by atoms with Gasteiger partial charge in [0.05, 0.1) is 3.79 Å². The minimum absolute atomic E-state index is 0.911. The van der Waals surface area contributed by atoms with E-state index in [1.165, 1.54) is 34.5 Å². The predicted molar refractivity (Wildman–Crippen MR) is 70.2 cm³/mol. The third kappa shape index (κ3) is 3.30. The topological polar surface area (TPSA) is 12.0 Å². The zero-order chi connectivity index (χ0) is 10.7. The van der Waals surface area contributed by atoms with Gasteiger partial charge in [-0.25, -0.2) is 0 Å². The second-order valence-corrected chi connectivity index (χ2v) is 7.05. The highest BCUT2D eigenvalue weighted by atomic mass is 79.9. The van der Waals surface area contributed by atoms with E-state index in [2.05, 4.69) is 40.3 Å². The molecule has 0 bridgehead atoms. The first kappa shape index (κ1) is 11.6. The summed E-state index contributed by atoms with van der Waals surface area (Å²) in [4.78, 5) is 1.42. The lowest BCUT2D eigenvalue weighted by Crippen LogP contribution is -2.23. The molecule has 2 unspecified atom stereocenters. The molecule has 84 valence electrons. The van der Waals surface area contributed by atoms with E-state index in [9.17, 15) is 0 Å². The van der Waals surface area contributed by atoms with Crippen LogP contribution in [0, 0.1) is 11.8 Å². The number of halogens is 1. The molecule has 0 radical (unpaired) electrons. The minimum Gasteiger partial charge on any atom is -0.312 e. The molecule has 1 heterocycles. The number of thiophene rings is 1. The van der Waals surface area contributed by atoms with Gasteiger partial charge in [-0.1, -0.05) is 19.8 Å². The van der Waals surface area contributed by atoms with E-state index in [1.54, 1.807) is 0 Å². The fourth-order valence-corrected chi connectivity index (χ4v) is 3.81. The van der Waals surface area contributed by atoms with Crippen molar-refractivity contribution in [2.24, 2.45) is 11.8 Å². The molecule has 1 fully saturated rings. The van der Waals surface area contributed by atoms with Crippen LogP contribution >= 0.6 is 27.3 Å². The fraction of sp³-hybridized carbons (Fsp3) is 0.667. The third-order valence-electron chi connectivity index (χ3n) is 3.37. The Morgan fingerprint density at radius 3 is 2.93 bits per heavy atom. The quantitative estimate of drug-likeness (QED) is 0.881. The first-order valence-electron chi connectivity index (χ1n) is 5.70. The van der Waals surface area contributed by atoms with Crippen molar-refractivity contribution in [1.29, 1.82) is 0 Å². The molecule has 1 aromatic rings. The molecule has 1 N–H and O–H groups in total. The Kier molecular flexibility index (Phi) is 4.23. The van der Waals surface area contributed by atoms with Crippen LogP contribution in [0.4, 0.5) is 0 Å². The Hall–Kier alpha value is 0.140. The van der Waals surface area contributed by atoms with E-state index in [0.717, 1.165) is 18.4 Å². The molecule has 3 heteroatoms. The summed E-state index contributed by atoms with van der Waals surface area (Å²) in [6.45, 7) is 4.61. The lowest BCUT2D eigenvalue weighted by atomic mass is 9.98. The van der Waals surface area contributed by atoms with E-state index in [0.29, 0.717) is 0 Å². The maximum atomic E-state index is 3.58. The Labute approximate surface area is 104 Å². The normalized spacial score (nSPS) is 26.0. The van der Waals surface area contributed by atoms with Crippen LogP contribution in [-0.4, -0.2) is 6.54 Å². The SMILES string of the molecule is CC1CCCC1CNCc1ccc(Br)s1. The molecule has 0 spiro atoms. The van der Waals surface area contributed by atoms with Gasteiger partial charge in [0.15, 0.2) is 0 Å². The highest BCUT2D eigenvalue weighted by molar-refractivity contribution is 9.11. The van der Waals surface area contributed by atoms with Crippen LogP contribution in [0.1, 0.15) is 31.1 Å². The number of rotatable bonds is 4.